The van der Waals surface area contributed by atoms with Gasteiger partial charge < -0.3 is 15.8 Å². The van der Waals surface area contributed by atoms with Crippen LogP contribution in [0.3, 0.4) is 0 Å². The monoisotopic (exact) mass is 290 g/mol. The maximum absolute atomic E-state index is 12.0. The molecule has 1 aromatic carbocycles. The van der Waals surface area contributed by atoms with Crippen molar-refractivity contribution in [1.29, 1.82) is 0 Å². The molecule has 0 aliphatic heterocycles. The van der Waals surface area contributed by atoms with Gasteiger partial charge in [0.15, 0.2) is 0 Å². The molecule has 0 spiro atoms. The number of esters is 1. The fraction of sp³-hybridized carbons (Fsp3) is 0.143. The summed E-state index contributed by atoms with van der Waals surface area (Å²) in [6, 6.07) is 9.43. The van der Waals surface area contributed by atoms with Gasteiger partial charge in [0.2, 0.25) is 5.91 Å². The van der Waals surface area contributed by atoms with Gasteiger partial charge in [0.25, 0.3) is 0 Å². The second kappa shape index (κ2) is 6.31. The van der Waals surface area contributed by atoms with Gasteiger partial charge in [-0.3, -0.25) is 4.79 Å². The Morgan fingerprint density at radius 2 is 2.10 bits per heavy atom. The number of carbonyl (C=O) groups excluding carboxylic acids is 2. The topological polar surface area (TPSA) is 81.4 Å². The number of ether oxygens (including phenoxy) is 1. The molecule has 0 fully saturated rings. The largest absolute Gasteiger partial charge is 0.465 e. The van der Waals surface area contributed by atoms with Crippen LogP contribution in [-0.4, -0.2) is 19.0 Å². The number of nitrogens with one attached hydrogen (secondary N) is 1. The Morgan fingerprint density at radius 1 is 1.30 bits per heavy atom. The van der Waals surface area contributed by atoms with E-state index in [0.29, 0.717) is 11.3 Å². The van der Waals surface area contributed by atoms with Crippen LogP contribution in [0.5, 0.6) is 0 Å². The normalized spacial score (nSPS) is 11.7. The molecule has 5 nitrogen and oxygen atoms in total. The van der Waals surface area contributed by atoms with E-state index in [0.717, 1.165) is 4.88 Å². The average molecular weight is 290 g/mol. The van der Waals surface area contributed by atoms with Gasteiger partial charge in [-0.1, -0.05) is 12.1 Å². The van der Waals surface area contributed by atoms with E-state index in [2.05, 4.69) is 10.1 Å². The van der Waals surface area contributed by atoms with Crippen molar-refractivity contribution in [2.75, 3.05) is 12.4 Å². The Bertz CT molecular complexity index is 611. The first kappa shape index (κ1) is 14.2. The van der Waals surface area contributed by atoms with Gasteiger partial charge in [0.05, 0.1) is 12.7 Å². The Balaban J connectivity index is 2.10. The molecule has 2 aromatic rings. The minimum atomic E-state index is -0.725. The quantitative estimate of drug-likeness (QED) is 0.846. The Labute approximate surface area is 120 Å². The summed E-state index contributed by atoms with van der Waals surface area (Å²) in [5.74, 6) is -0.780. The third-order valence-corrected chi connectivity index (χ3v) is 3.64. The average Bonchev–Trinajstić information content (AvgIpc) is 3.00. The second-order valence-electron chi connectivity index (χ2n) is 4.05. The standard InChI is InChI=1S/C14H14N2O3S/c1-19-14(18)9-4-2-5-10(8-9)16-13(17)12(15)11-6-3-7-20-11/h2-8,12H,15H2,1H3,(H,16,17). The third-order valence-electron chi connectivity index (χ3n) is 2.68. The van der Waals surface area contributed by atoms with E-state index in [-0.39, 0.29) is 5.91 Å². The Morgan fingerprint density at radius 3 is 2.75 bits per heavy atom. The smallest absolute Gasteiger partial charge is 0.337 e. The molecule has 0 aliphatic carbocycles. The molecule has 2 rings (SSSR count). The number of hydrogen-bond donors (Lipinski definition) is 2. The molecule has 1 heterocycles. The van der Waals surface area contributed by atoms with Crippen LogP contribution in [0.15, 0.2) is 41.8 Å². The predicted octanol–water partition coefficient (Wildman–Crippen LogP) is 2.17. The van der Waals surface area contributed by atoms with Crippen molar-refractivity contribution in [3.05, 3.63) is 52.2 Å². The van der Waals surface area contributed by atoms with E-state index in [4.69, 9.17) is 5.73 Å². The molecule has 0 bridgehead atoms. The van der Waals surface area contributed by atoms with E-state index < -0.39 is 12.0 Å². The van der Waals surface area contributed by atoms with Gasteiger partial charge in [0, 0.05) is 10.6 Å². The molecule has 0 aliphatic rings. The van der Waals surface area contributed by atoms with Crippen LogP contribution < -0.4 is 11.1 Å². The molecule has 1 unspecified atom stereocenters. The third kappa shape index (κ3) is 3.23. The minimum absolute atomic E-state index is 0.325. The summed E-state index contributed by atoms with van der Waals surface area (Å²) < 4.78 is 4.63. The van der Waals surface area contributed by atoms with Gasteiger partial charge in [-0.2, -0.15) is 0 Å². The van der Waals surface area contributed by atoms with Gasteiger partial charge >= 0.3 is 5.97 Å². The lowest BCUT2D eigenvalue weighted by Gasteiger charge is -2.11. The zero-order valence-electron chi connectivity index (χ0n) is 10.8. The number of amides is 1. The number of benzene rings is 1. The van der Waals surface area contributed by atoms with E-state index in [1.807, 2.05) is 11.4 Å². The molecule has 3 N–H and O–H groups in total. The lowest BCUT2D eigenvalue weighted by Crippen LogP contribution is -2.27. The van der Waals surface area contributed by atoms with Crippen LogP contribution in [0.25, 0.3) is 0 Å². The molecule has 0 radical (unpaired) electrons. The van der Waals surface area contributed by atoms with Gasteiger partial charge in [-0.05, 0) is 29.6 Å². The van der Waals surface area contributed by atoms with E-state index in [1.165, 1.54) is 18.4 Å². The maximum Gasteiger partial charge on any atom is 0.337 e. The lowest BCUT2D eigenvalue weighted by atomic mass is 10.2. The number of nitrogens with two attached hydrogens (primary N) is 1. The summed E-state index contributed by atoms with van der Waals surface area (Å²) >= 11 is 1.42. The van der Waals surface area contributed by atoms with Crippen LogP contribution in [0, 0.1) is 0 Å². The number of hydrogen-bond acceptors (Lipinski definition) is 5. The molecule has 0 saturated carbocycles. The summed E-state index contributed by atoms with van der Waals surface area (Å²) in [6.07, 6.45) is 0. The molecule has 0 saturated heterocycles. The number of rotatable bonds is 4. The van der Waals surface area contributed by atoms with Crippen molar-refractivity contribution in [2.45, 2.75) is 6.04 Å². The van der Waals surface area contributed by atoms with Crippen molar-refractivity contribution in [3.8, 4) is 0 Å². The highest BCUT2D eigenvalue weighted by atomic mass is 32.1. The minimum Gasteiger partial charge on any atom is -0.465 e. The predicted molar refractivity (Wildman–Crippen MR) is 77.7 cm³/mol. The molecule has 104 valence electrons. The van der Waals surface area contributed by atoms with Crippen molar-refractivity contribution in [1.82, 2.24) is 0 Å². The maximum atomic E-state index is 12.0. The summed E-state index contributed by atoms with van der Waals surface area (Å²) in [6.45, 7) is 0. The molecule has 20 heavy (non-hydrogen) atoms. The molecule has 1 atom stereocenters. The summed E-state index contributed by atoms with van der Waals surface area (Å²) in [5.41, 5.74) is 6.74. The highest BCUT2D eigenvalue weighted by molar-refractivity contribution is 7.10. The second-order valence-corrected chi connectivity index (χ2v) is 5.03. The number of anilines is 1. The fourth-order valence-corrected chi connectivity index (χ4v) is 2.38. The van der Waals surface area contributed by atoms with E-state index in [1.54, 1.807) is 30.3 Å². The first-order valence-electron chi connectivity index (χ1n) is 5.90. The first-order valence-corrected chi connectivity index (χ1v) is 6.78. The van der Waals surface area contributed by atoms with Crippen LogP contribution in [-0.2, 0) is 9.53 Å². The molecular formula is C14H14N2O3S. The fourth-order valence-electron chi connectivity index (χ4n) is 1.66. The van der Waals surface area contributed by atoms with Crippen LogP contribution in [0.2, 0.25) is 0 Å². The van der Waals surface area contributed by atoms with Gasteiger partial charge in [-0.15, -0.1) is 11.3 Å². The van der Waals surface area contributed by atoms with Crippen LogP contribution in [0.4, 0.5) is 5.69 Å². The zero-order valence-corrected chi connectivity index (χ0v) is 11.6. The van der Waals surface area contributed by atoms with Crippen LogP contribution in [0.1, 0.15) is 21.3 Å². The van der Waals surface area contributed by atoms with Crippen LogP contribution >= 0.6 is 11.3 Å². The highest BCUT2D eigenvalue weighted by Gasteiger charge is 2.17. The number of methoxy groups -OCH3 is 1. The number of carbonyl (C=O) groups is 2. The van der Waals surface area contributed by atoms with Crippen molar-refractivity contribution in [2.24, 2.45) is 5.73 Å². The SMILES string of the molecule is COC(=O)c1cccc(NC(=O)C(N)c2cccs2)c1. The zero-order chi connectivity index (χ0) is 14.5. The van der Waals surface area contributed by atoms with E-state index >= 15 is 0 Å². The Hall–Kier alpha value is -2.18. The van der Waals surface area contributed by atoms with Gasteiger partial charge in [0.1, 0.15) is 6.04 Å². The molecule has 6 heteroatoms. The summed E-state index contributed by atoms with van der Waals surface area (Å²) in [4.78, 5) is 24.2. The number of thiophene rings is 1. The highest BCUT2D eigenvalue weighted by Crippen LogP contribution is 2.19. The molecule has 1 aromatic heterocycles. The molecule has 1 amide bonds. The van der Waals surface area contributed by atoms with Crippen molar-refractivity contribution in [3.63, 3.8) is 0 Å². The lowest BCUT2D eigenvalue weighted by molar-refractivity contribution is -0.117. The molecular weight excluding hydrogens is 276 g/mol. The van der Waals surface area contributed by atoms with Crippen molar-refractivity contribution < 1.29 is 14.3 Å². The van der Waals surface area contributed by atoms with E-state index in [9.17, 15) is 9.59 Å². The van der Waals surface area contributed by atoms with Crippen molar-refractivity contribution >= 4 is 28.9 Å². The van der Waals surface area contributed by atoms with Gasteiger partial charge in [-0.25, -0.2) is 4.79 Å². The summed E-state index contributed by atoms with van der Waals surface area (Å²) in [7, 11) is 1.31. The Kier molecular flexibility index (Phi) is 4.49. The first-order chi connectivity index (χ1) is 9.61. The summed E-state index contributed by atoms with van der Waals surface area (Å²) in [5, 5.41) is 4.55.